The van der Waals surface area contributed by atoms with Crippen molar-refractivity contribution >= 4 is 49.6 Å². The van der Waals surface area contributed by atoms with Crippen molar-refractivity contribution in [2.45, 2.75) is 0 Å². The molecule has 61 heavy (non-hydrogen) atoms. The van der Waals surface area contributed by atoms with E-state index in [2.05, 4.69) is 240 Å². The maximum atomic E-state index is 6.66. The van der Waals surface area contributed by atoms with Crippen LogP contribution in [0.4, 0.5) is 17.1 Å². The van der Waals surface area contributed by atoms with Crippen molar-refractivity contribution in [1.29, 1.82) is 0 Å². The molecular formula is C58H38N2O. The van der Waals surface area contributed by atoms with Gasteiger partial charge < -0.3 is 14.2 Å². The Morgan fingerprint density at radius 1 is 0.328 bits per heavy atom. The molecule has 2 heterocycles. The molecule has 0 saturated carbocycles. The summed E-state index contributed by atoms with van der Waals surface area (Å²) in [6.07, 6.45) is 0. The summed E-state index contributed by atoms with van der Waals surface area (Å²) in [7, 11) is 0. The van der Waals surface area contributed by atoms with Gasteiger partial charge in [-0.1, -0.05) is 152 Å². The Morgan fingerprint density at radius 3 is 1.56 bits per heavy atom. The molecule has 3 nitrogen and oxygen atoms in total. The molecule has 0 radical (unpaired) electrons. The van der Waals surface area contributed by atoms with Gasteiger partial charge >= 0.3 is 0 Å². The standard InChI is InChI=1S/C58H38N2O/c1-3-11-39(12-4-1)41-21-28-46(29-22-41)59(49-34-35-51-52-18-9-15-44-16-10-20-56(58(44)52)61-57(51)38-49)47-30-25-43(26-31-47)45-27-36-55-53(37-45)50-17-7-8-19-54(50)60(55)48-32-23-42(24-33-48)40-13-5-2-6-14-40/h1-38H. The van der Waals surface area contributed by atoms with E-state index in [0.717, 1.165) is 50.8 Å². The molecule has 12 rings (SSSR count). The highest BCUT2D eigenvalue weighted by Crippen LogP contribution is 2.49. The Balaban J connectivity index is 0.927. The van der Waals surface area contributed by atoms with Crippen LogP contribution >= 0.6 is 0 Å². The number of para-hydroxylation sites is 1. The first-order valence-corrected chi connectivity index (χ1v) is 20.8. The third-order valence-electron chi connectivity index (χ3n) is 12.2. The van der Waals surface area contributed by atoms with E-state index in [4.69, 9.17) is 4.74 Å². The molecule has 0 amide bonds. The first-order chi connectivity index (χ1) is 30.2. The summed E-state index contributed by atoms with van der Waals surface area (Å²) in [6.45, 7) is 0. The predicted molar refractivity (Wildman–Crippen MR) is 255 cm³/mol. The Labute approximate surface area is 354 Å². The molecule has 11 aromatic rings. The topological polar surface area (TPSA) is 17.4 Å². The average Bonchev–Trinajstić information content (AvgIpc) is 3.66. The van der Waals surface area contributed by atoms with Gasteiger partial charge in [0.2, 0.25) is 0 Å². The van der Waals surface area contributed by atoms with E-state index in [1.165, 1.54) is 60.6 Å². The maximum Gasteiger partial charge on any atom is 0.137 e. The number of benzene rings is 10. The largest absolute Gasteiger partial charge is 0.456 e. The van der Waals surface area contributed by atoms with Crippen LogP contribution in [0.25, 0.3) is 82.8 Å². The van der Waals surface area contributed by atoms with Crippen molar-refractivity contribution in [3.05, 3.63) is 231 Å². The van der Waals surface area contributed by atoms with Gasteiger partial charge in [0.1, 0.15) is 11.5 Å². The Morgan fingerprint density at radius 2 is 0.869 bits per heavy atom. The van der Waals surface area contributed by atoms with Crippen LogP contribution in [0.1, 0.15) is 0 Å². The van der Waals surface area contributed by atoms with Crippen molar-refractivity contribution in [2.24, 2.45) is 0 Å². The number of nitrogens with zero attached hydrogens (tertiary/aromatic N) is 2. The van der Waals surface area contributed by atoms with Gasteiger partial charge in [0, 0.05) is 50.5 Å². The SMILES string of the molecule is c1ccc(-c2ccc(N(c3ccc(-c4ccc5c(c4)c4ccccc4n5-c4ccc(-c5ccccc5)cc4)cc3)c3ccc4c(c3)Oc3cccc5cccc-4c35)cc2)cc1. The van der Waals surface area contributed by atoms with E-state index in [1.807, 2.05) is 0 Å². The van der Waals surface area contributed by atoms with Crippen LogP contribution in [0.15, 0.2) is 231 Å². The molecule has 0 fully saturated rings. The van der Waals surface area contributed by atoms with Gasteiger partial charge in [0.05, 0.1) is 11.0 Å². The summed E-state index contributed by atoms with van der Waals surface area (Å²) in [5.74, 6) is 1.74. The zero-order chi connectivity index (χ0) is 40.3. The summed E-state index contributed by atoms with van der Waals surface area (Å²) >= 11 is 0. The monoisotopic (exact) mass is 778 g/mol. The number of hydrogen-bond donors (Lipinski definition) is 0. The fourth-order valence-corrected chi connectivity index (χ4v) is 9.24. The number of ether oxygens (including phenoxy) is 1. The van der Waals surface area contributed by atoms with Gasteiger partial charge in [-0.25, -0.2) is 0 Å². The summed E-state index contributed by atoms with van der Waals surface area (Å²) in [6, 6.07) is 82.8. The molecule has 10 aromatic carbocycles. The highest BCUT2D eigenvalue weighted by Gasteiger charge is 2.23. The molecule has 0 unspecified atom stereocenters. The minimum atomic E-state index is 0.853. The minimum absolute atomic E-state index is 0.853. The molecule has 0 atom stereocenters. The lowest BCUT2D eigenvalue weighted by Crippen LogP contribution is -2.10. The van der Waals surface area contributed by atoms with Crippen LogP contribution in [0.3, 0.4) is 0 Å². The summed E-state index contributed by atoms with van der Waals surface area (Å²) < 4.78 is 9.04. The second-order valence-corrected chi connectivity index (χ2v) is 15.7. The lowest BCUT2D eigenvalue weighted by molar-refractivity contribution is 0.487. The van der Waals surface area contributed by atoms with Gasteiger partial charge in [-0.2, -0.15) is 0 Å². The Kier molecular flexibility index (Phi) is 8.17. The second kappa shape index (κ2) is 14.3. The zero-order valence-corrected chi connectivity index (χ0v) is 33.2. The molecule has 0 aliphatic carbocycles. The lowest BCUT2D eigenvalue weighted by Gasteiger charge is -2.28. The molecule has 0 saturated heterocycles. The van der Waals surface area contributed by atoms with E-state index in [-0.39, 0.29) is 0 Å². The van der Waals surface area contributed by atoms with Gasteiger partial charge in [-0.3, -0.25) is 0 Å². The summed E-state index contributed by atoms with van der Waals surface area (Å²) in [5.41, 5.74) is 16.1. The van der Waals surface area contributed by atoms with Crippen LogP contribution in [0.5, 0.6) is 11.5 Å². The number of fused-ring (bicyclic) bond motifs is 5. The van der Waals surface area contributed by atoms with E-state index in [1.54, 1.807) is 0 Å². The highest BCUT2D eigenvalue weighted by molar-refractivity contribution is 6.10. The highest BCUT2D eigenvalue weighted by atomic mass is 16.5. The third kappa shape index (κ3) is 5.98. The van der Waals surface area contributed by atoms with Crippen molar-refractivity contribution in [2.75, 3.05) is 4.90 Å². The Bertz CT molecular complexity index is 3400. The molecule has 1 aliphatic rings. The van der Waals surface area contributed by atoms with Gasteiger partial charge in [0.15, 0.2) is 0 Å². The first-order valence-electron chi connectivity index (χ1n) is 20.8. The van der Waals surface area contributed by atoms with Crippen LogP contribution in [0.2, 0.25) is 0 Å². The van der Waals surface area contributed by atoms with E-state index in [9.17, 15) is 0 Å². The number of aromatic nitrogens is 1. The predicted octanol–water partition coefficient (Wildman–Crippen LogP) is 16.2. The molecule has 0 spiro atoms. The molecule has 1 aliphatic heterocycles. The number of rotatable bonds is 7. The van der Waals surface area contributed by atoms with Crippen molar-refractivity contribution in [3.8, 4) is 61.7 Å². The fraction of sp³-hybridized carbons (Fsp3) is 0. The van der Waals surface area contributed by atoms with Gasteiger partial charge in [0.25, 0.3) is 0 Å². The smallest absolute Gasteiger partial charge is 0.137 e. The molecule has 286 valence electrons. The quantitative estimate of drug-likeness (QED) is 0.160. The number of anilines is 3. The van der Waals surface area contributed by atoms with Gasteiger partial charge in [-0.15, -0.1) is 0 Å². The van der Waals surface area contributed by atoms with Crippen molar-refractivity contribution in [1.82, 2.24) is 4.57 Å². The molecule has 0 bridgehead atoms. The Hall–Kier alpha value is -8.14. The molecule has 3 heteroatoms. The van der Waals surface area contributed by atoms with Crippen LogP contribution < -0.4 is 9.64 Å². The number of hydrogen-bond acceptors (Lipinski definition) is 2. The minimum Gasteiger partial charge on any atom is -0.456 e. The van der Waals surface area contributed by atoms with Crippen LogP contribution in [-0.2, 0) is 0 Å². The average molecular weight is 779 g/mol. The van der Waals surface area contributed by atoms with Crippen LogP contribution in [-0.4, -0.2) is 4.57 Å². The molecule has 1 aromatic heterocycles. The third-order valence-corrected chi connectivity index (χ3v) is 12.2. The maximum absolute atomic E-state index is 6.66. The molecular weight excluding hydrogens is 741 g/mol. The summed E-state index contributed by atoms with van der Waals surface area (Å²) in [5, 5.41) is 4.82. The van der Waals surface area contributed by atoms with Crippen molar-refractivity contribution in [3.63, 3.8) is 0 Å². The second-order valence-electron chi connectivity index (χ2n) is 15.7. The normalized spacial score (nSPS) is 11.7. The molecule has 0 N–H and O–H groups in total. The van der Waals surface area contributed by atoms with E-state index in [0.29, 0.717) is 0 Å². The van der Waals surface area contributed by atoms with E-state index >= 15 is 0 Å². The van der Waals surface area contributed by atoms with E-state index < -0.39 is 0 Å². The van der Waals surface area contributed by atoms with Crippen molar-refractivity contribution < 1.29 is 4.74 Å². The zero-order valence-electron chi connectivity index (χ0n) is 33.2. The van der Waals surface area contributed by atoms with Gasteiger partial charge in [-0.05, 0) is 117 Å². The fourth-order valence-electron chi connectivity index (χ4n) is 9.24. The first kappa shape index (κ1) is 34.9. The lowest BCUT2D eigenvalue weighted by atomic mass is 9.94. The van der Waals surface area contributed by atoms with Crippen LogP contribution in [0, 0.1) is 0 Å². The summed E-state index contributed by atoms with van der Waals surface area (Å²) in [4.78, 5) is 2.32.